The topological polar surface area (TPSA) is 76.1 Å². The molecule has 2 aromatic rings. The minimum Gasteiger partial charge on any atom is -0.493 e. The maximum Gasteiger partial charge on any atom is 0.414 e. The summed E-state index contributed by atoms with van der Waals surface area (Å²) in [5.74, 6) is -0.685. The van der Waals surface area contributed by atoms with Gasteiger partial charge in [-0.05, 0) is 69.0 Å². The van der Waals surface area contributed by atoms with Crippen LogP contribution in [0.5, 0.6) is 5.75 Å². The van der Waals surface area contributed by atoms with Gasteiger partial charge in [0.05, 0.1) is 6.61 Å². The molecule has 0 aliphatic carbocycles. The fraction of sp³-hybridized carbons (Fsp3) is 0.440. The summed E-state index contributed by atoms with van der Waals surface area (Å²) in [6.07, 6.45) is 2.19. The largest absolute Gasteiger partial charge is 0.493 e. The maximum absolute atomic E-state index is 12.8. The summed E-state index contributed by atoms with van der Waals surface area (Å²) in [7, 11) is 0. The predicted octanol–water partition coefficient (Wildman–Crippen LogP) is 6.38. The van der Waals surface area contributed by atoms with Gasteiger partial charge < -0.3 is 14.6 Å². The smallest absolute Gasteiger partial charge is 0.414 e. The first-order valence-electron chi connectivity index (χ1n) is 10.8. The summed E-state index contributed by atoms with van der Waals surface area (Å²) in [5.41, 5.74) is 1.79. The molecule has 0 saturated carbocycles. The number of unbranched alkanes of at least 4 members (excludes halogenated alkanes) is 1. The summed E-state index contributed by atoms with van der Waals surface area (Å²) in [6.45, 7) is 10.6. The van der Waals surface area contributed by atoms with E-state index in [1.165, 1.54) is 0 Å². The van der Waals surface area contributed by atoms with Crippen molar-refractivity contribution >= 4 is 17.7 Å². The SMILES string of the molecule is CCCCN(C(=O)OC(C)(C)C)c1cccc(-c2ccc(OCCC)c(C(=O)O)c2)c1. The van der Waals surface area contributed by atoms with E-state index in [9.17, 15) is 14.7 Å². The average Bonchev–Trinajstić information content (AvgIpc) is 2.71. The van der Waals surface area contributed by atoms with Crippen molar-refractivity contribution in [2.24, 2.45) is 0 Å². The van der Waals surface area contributed by atoms with Crippen molar-refractivity contribution in [1.82, 2.24) is 0 Å². The number of amides is 1. The molecule has 0 radical (unpaired) electrons. The first-order valence-corrected chi connectivity index (χ1v) is 10.8. The van der Waals surface area contributed by atoms with Crippen molar-refractivity contribution in [3.8, 4) is 16.9 Å². The lowest BCUT2D eigenvalue weighted by Crippen LogP contribution is -2.37. The molecule has 0 fully saturated rings. The number of benzene rings is 2. The summed E-state index contributed by atoms with van der Waals surface area (Å²) >= 11 is 0. The normalized spacial score (nSPS) is 11.1. The Hall–Kier alpha value is -3.02. The zero-order chi connectivity index (χ0) is 23.0. The van der Waals surface area contributed by atoms with Gasteiger partial charge in [-0.2, -0.15) is 0 Å². The molecule has 0 atom stereocenters. The maximum atomic E-state index is 12.8. The molecule has 0 bridgehead atoms. The van der Waals surface area contributed by atoms with Gasteiger partial charge in [-0.15, -0.1) is 0 Å². The Morgan fingerprint density at radius 2 is 1.71 bits per heavy atom. The Balaban J connectivity index is 2.41. The van der Waals surface area contributed by atoms with E-state index in [1.807, 2.05) is 58.0 Å². The molecule has 0 saturated heterocycles. The molecule has 6 nitrogen and oxygen atoms in total. The zero-order valence-corrected chi connectivity index (χ0v) is 19.1. The van der Waals surface area contributed by atoms with Gasteiger partial charge in [0.1, 0.15) is 16.9 Å². The van der Waals surface area contributed by atoms with Crippen LogP contribution >= 0.6 is 0 Å². The molecule has 1 amide bonds. The Bertz CT molecular complexity index is 901. The molecule has 168 valence electrons. The highest BCUT2D eigenvalue weighted by Crippen LogP contribution is 2.30. The van der Waals surface area contributed by atoms with Crippen LogP contribution in [0.4, 0.5) is 10.5 Å². The van der Waals surface area contributed by atoms with Crippen LogP contribution in [0.3, 0.4) is 0 Å². The van der Waals surface area contributed by atoms with E-state index >= 15 is 0 Å². The van der Waals surface area contributed by atoms with Gasteiger partial charge in [-0.3, -0.25) is 4.90 Å². The van der Waals surface area contributed by atoms with Crippen molar-refractivity contribution in [1.29, 1.82) is 0 Å². The van der Waals surface area contributed by atoms with Gasteiger partial charge >= 0.3 is 12.1 Å². The number of aromatic carboxylic acids is 1. The van der Waals surface area contributed by atoms with Crippen LogP contribution in [0.25, 0.3) is 11.1 Å². The monoisotopic (exact) mass is 427 g/mol. The van der Waals surface area contributed by atoms with E-state index in [-0.39, 0.29) is 5.56 Å². The van der Waals surface area contributed by atoms with E-state index < -0.39 is 17.7 Å². The fourth-order valence-electron chi connectivity index (χ4n) is 3.03. The Morgan fingerprint density at radius 3 is 2.32 bits per heavy atom. The van der Waals surface area contributed by atoms with Gasteiger partial charge in [0.15, 0.2) is 0 Å². The molecule has 0 unspecified atom stereocenters. The van der Waals surface area contributed by atoms with Crippen molar-refractivity contribution < 1.29 is 24.2 Å². The zero-order valence-electron chi connectivity index (χ0n) is 19.1. The Morgan fingerprint density at radius 1 is 1.00 bits per heavy atom. The van der Waals surface area contributed by atoms with Crippen molar-refractivity contribution in [3.63, 3.8) is 0 Å². The van der Waals surface area contributed by atoms with Crippen molar-refractivity contribution in [2.45, 2.75) is 59.5 Å². The number of carbonyl (C=O) groups is 2. The van der Waals surface area contributed by atoms with E-state index in [0.29, 0.717) is 24.6 Å². The van der Waals surface area contributed by atoms with E-state index in [0.717, 1.165) is 30.4 Å². The van der Waals surface area contributed by atoms with Gasteiger partial charge in [0, 0.05) is 12.2 Å². The lowest BCUT2D eigenvalue weighted by molar-refractivity contribution is 0.0579. The number of carboxylic acid groups (broad SMARTS) is 1. The summed E-state index contributed by atoms with van der Waals surface area (Å²) in [6, 6.07) is 12.6. The van der Waals surface area contributed by atoms with Gasteiger partial charge in [-0.1, -0.05) is 38.5 Å². The highest BCUT2D eigenvalue weighted by atomic mass is 16.6. The molecule has 0 heterocycles. The molecular formula is C25H33NO5. The van der Waals surface area contributed by atoms with Gasteiger partial charge in [0.25, 0.3) is 0 Å². The summed E-state index contributed by atoms with van der Waals surface area (Å²) in [4.78, 5) is 26.2. The van der Waals surface area contributed by atoms with Crippen LogP contribution in [0.2, 0.25) is 0 Å². The van der Waals surface area contributed by atoms with Crippen LogP contribution in [0, 0.1) is 0 Å². The second kappa shape index (κ2) is 10.8. The first kappa shape index (κ1) is 24.3. The number of hydrogen-bond acceptors (Lipinski definition) is 4. The van der Waals surface area contributed by atoms with Crippen LogP contribution < -0.4 is 9.64 Å². The number of ether oxygens (including phenoxy) is 2. The molecule has 31 heavy (non-hydrogen) atoms. The highest BCUT2D eigenvalue weighted by Gasteiger charge is 2.23. The summed E-state index contributed by atoms with van der Waals surface area (Å²) < 4.78 is 11.2. The van der Waals surface area contributed by atoms with Gasteiger partial charge in [-0.25, -0.2) is 9.59 Å². The van der Waals surface area contributed by atoms with E-state index in [2.05, 4.69) is 6.92 Å². The standard InChI is InChI=1S/C25H33NO5/c1-6-8-14-26(24(29)31-25(3,4)5)20-11-9-10-18(16-20)19-12-13-22(30-15-7-2)21(17-19)23(27)28/h9-13,16-17H,6-8,14-15H2,1-5H3,(H,27,28). The third kappa shape index (κ3) is 7.02. The fourth-order valence-corrected chi connectivity index (χ4v) is 3.03. The number of carbonyl (C=O) groups excluding carboxylic acids is 1. The minimum atomic E-state index is -1.04. The molecule has 1 N–H and O–H groups in total. The van der Waals surface area contributed by atoms with E-state index in [4.69, 9.17) is 9.47 Å². The second-order valence-corrected chi connectivity index (χ2v) is 8.40. The lowest BCUT2D eigenvalue weighted by Gasteiger charge is -2.27. The highest BCUT2D eigenvalue weighted by molar-refractivity contribution is 5.93. The molecule has 0 aliphatic heterocycles. The third-order valence-electron chi connectivity index (χ3n) is 4.51. The van der Waals surface area contributed by atoms with Crippen LogP contribution in [-0.4, -0.2) is 35.9 Å². The number of carboxylic acids is 1. The average molecular weight is 428 g/mol. The lowest BCUT2D eigenvalue weighted by atomic mass is 10.0. The van der Waals surface area contributed by atoms with Crippen molar-refractivity contribution in [3.05, 3.63) is 48.0 Å². The summed E-state index contributed by atoms with van der Waals surface area (Å²) in [5, 5.41) is 9.61. The predicted molar refractivity (Wildman–Crippen MR) is 123 cm³/mol. The number of rotatable bonds is 9. The Labute approximate surface area is 184 Å². The molecular weight excluding hydrogens is 394 g/mol. The quantitative estimate of drug-likeness (QED) is 0.502. The molecule has 0 aromatic heterocycles. The third-order valence-corrected chi connectivity index (χ3v) is 4.51. The molecule has 6 heteroatoms. The number of hydrogen-bond donors (Lipinski definition) is 1. The van der Waals surface area contributed by atoms with Crippen LogP contribution in [0.1, 0.15) is 64.2 Å². The van der Waals surface area contributed by atoms with Crippen LogP contribution in [-0.2, 0) is 4.74 Å². The molecule has 0 aliphatic rings. The van der Waals surface area contributed by atoms with Crippen LogP contribution in [0.15, 0.2) is 42.5 Å². The van der Waals surface area contributed by atoms with Crippen molar-refractivity contribution in [2.75, 3.05) is 18.1 Å². The second-order valence-electron chi connectivity index (χ2n) is 8.40. The number of nitrogens with zero attached hydrogens (tertiary/aromatic N) is 1. The first-order chi connectivity index (χ1) is 14.7. The Kier molecular flexibility index (Phi) is 8.48. The molecule has 2 rings (SSSR count). The molecule has 2 aromatic carbocycles. The number of anilines is 1. The van der Waals surface area contributed by atoms with Gasteiger partial charge in [0.2, 0.25) is 0 Å². The van der Waals surface area contributed by atoms with E-state index in [1.54, 1.807) is 17.0 Å². The minimum absolute atomic E-state index is 0.117. The molecule has 0 spiro atoms.